The summed E-state index contributed by atoms with van der Waals surface area (Å²) in [5, 5.41) is 9.59. The first-order chi connectivity index (χ1) is 8.41. The Hall–Kier alpha value is -0.670. The summed E-state index contributed by atoms with van der Waals surface area (Å²) in [5.74, 6) is -2.59. The van der Waals surface area contributed by atoms with Crippen molar-refractivity contribution >= 4 is 5.97 Å². The summed E-state index contributed by atoms with van der Waals surface area (Å²) in [5.41, 5.74) is -0.673. The van der Waals surface area contributed by atoms with E-state index in [2.05, 4.69) is 0 Å². The topological polar surface area (TPSA) is 37.3 Å². The number of halogens is 2. The van der Waals surface area contributed by atoms with Crippen LogP contribution in [0.2, 0.25) is 0 Å². The zero-order valence-electron chi connectivity index (χ0n) is 10.5. The average molecular weight is 258 g/mol. The summed E-state index contributed by atoms with van der Waals surface area (Å²) >= 11 is 0. The van der Waals surface area contributed by atoms with Gasteiger partial charge in [0.15, 0.2) is 0 Å². The molecule has 0 aromatic carbocycles. The maximum Gasteiger partial charge on any atom is 0.309 e. The standard InChI is InChI=1S/C14H20F2O2/c15-14(16)4-3-10(8-14)7-13(12(17)18)6-9-1-2-11(13)5-9/h9-11H,1-8H2,(H,17,18). The van der Waals surface area contributed by atoms with Crippen molar-refractivity contribution in [3.63, 3.8) is 0 Å². The Morgan fingerprint density at radius 1 is 1.22 bits per heavy atom. The molecule has 18 heavy (non-hydrogen) atoms. The van der Waals surface area contributed by atoms with Gasteiger partial charge in [0.2, 0.25) is 5.92 Å². The summed E-state index contributed by atoms with van der Waals surface area (Å²) in [6, 6.07) is 0. The van der Waals surface area contributed by atoms with Crippen molar-refractivity contribution in [2.75, 3.05) is 0 Å². The third-order valence-electron chi connectivity index (χ3n) is 5.56. The summed E-state index contributed by atoms with van der Waals surface area (Å²) in [6.07, 6.45) is 4.70. The van der Waals surface area contributed by atoms with Crippen LogP contribution in [0.25, 0.3) is 0 Å². The van der Waals surface area contributed by atoms with Crippen molar-refractivity contribution in [3.8, 4) is 0 Å². The average Bonchev–Trinajstić information content (AvgIpc) is 2.93. The van der Waals surface area contributed by atoms with Gasteiger partial charge in [-0.3, -0.25) is 4.79 Å². The zero-order valence-corrected chi connectivity index (χ0v) is 10.5. The zero-order chi connectivity index (χ0) is 13.0. The minimum Gasteiger partial charge on any atom is -0.481 e. The second-order valence-corrected chi connectivity index (χ2v) is 6.71. The third-order valence-corrected chi connectivity index (χ3v) is 5.56. The number of fused-ring (bicyclic) bond motifs is 2. The number of carboxylic acid groups (broad SMARTS) is 1. The van der Waals surface area contributed by atoms with Crippen molar-refractivity contribution in [1.29, 1.82) is 0 Å². The second-order valence-electron chi connectivity index (χ2n) is 6.71. The monoisotopic (exact) mass is 258 g/mol. The highest BCUT2D eigenvalue weighted by Gasteiger charge is 2.57. The molecule has 4 atom stereocenters. The lowest BCUT2D eigenvalue weighted by molar-refractivity contribution is -0.154. The Labute approximate surface area is 106 Å². The smallest absolute Gasteiger partial charge is 0.309 e. The van der Waals surface area contributed by atoms with E-state index < -0.39 is 17.3 Å². The highest BCUT2D eigenvalue weighted by Crippen LogP contribution is 2.60. The number of carbonyl (C=O) groups is 1. The fraction of sp³-hybridized carbons (Fsp3) is 0.929. The van der Waals surface area contributed by atoms with Gasteiger partial charge in [0.1, 0.15) is 0 Å². The first kappa shape index (κ1) is 12.4. The van der Waals surface area contributed by atoms with E-state index in [1.807, 2.05) is 0 Å². The molecule has 0 saturated heterocycles. The van der Waals surface area contributed by atoms with Gasteiger partial charge < -0.3 is 5.11 Å². The second kappa shape index (κ2) is 3.91. The molecule has 0 aromatic heterocycles. The van der Waals surface area contributed by atoms with Gasteiger partial charge in [-0.2, -0.15) is 0 Å². The van der Waals surface area contributed by atoms with Crippen LogP contribution in [-0.2, 0) is 4.79 Å². The summed E-state index contributed by atoms with van der Waals surface area (Å²) in [4.78, 5) is 11.7. The van der Waals surface area contributed by atoms with E-state index in [0.29, 0.717) is 18.8 Å². The van der Waals surface area contributed by atoms with E-state index in [9.17, 15) is 18.7 Å². The fourth-order valence-corrected chi connectivity index (χ4v) is 4.77. The number of rotatable bonds is 3. The summed E-state index contributed by atoms with van der Waals surface area (Å²) in [7, 11) is 0. The number of carboxylic acids is 1. The molecular weight excluding hydrogens is 238 g/mol. The molecule has 0 radical (unpaired) electrons. The quantitative estimate of drug-likeness (QED) is 0.838. The van der Waals surface area contributed by atoms with E-state index in [-0.39, 0.29) is 24.7 Å². The van der Waals surface area contributed by atoms with Gasteiger partial charge in [-0.1, -0.05) is 6.42 Å². The Morgan fingerprint density at radius 2 is 2.00 bits per heavy atom. The van der Waals surface area contributed by atoms with Crippen molar-refractivity contribution in [2.45, 2.75) is 57.3 Å². The molecule has 0 aromatic rings. The van der Waals surface area contributed by atoms with Crippen molar-refractivity contribution in [1.82, 2.24) is 0 Å². The van der Waals surface area contributed by atoms with Gasteiger partial charge >= 0.3 is 5.97 Å². The number of aliphatic carboxylic acids is 1. The molecule has 3 saturated carbocycles. The first-order valence-corrected chi connectivity index (χ1v) is 7.02. The summed E-state index contributed by atoms with van der Waals surface area (Å²) < 4.78 is 26.5. The largest absolute Gasteiger partial charge is 0.481 e. The number of alkyl halides is 2. The Kier molecular flexibility index (Phi) is 2.69. The molecule has 3 aliphatic carbocycles. The Bertz CT molecular complexity index is 369. The molecule has 4 unspecified atom stereocenters. The highest BCUT2D eigenvalue weighted by molar-refractivity contribution is 5.76. The predicted molar refractivity (Wildman–Crippen MR) is 62.4 cm³/mol. The predicted octanol–water partition coefficient (Wildman–Crippen LogP) is 3.70. The van der Waals surface area contributed by atoms with E-state index in [1.165, 1.54) is 0 Å². The normalized spacial score (nSPS) is 45.6. The first-order valence-electron chi connectivity index (χ1n) is 7.02. The molecule has 3 aliphatic rings. The van der Waals surface area contributed by atoms with Crippen LogP contribution >= 0.6 is 0 Å². The van der Waals surface area contributed by atoms with Crippen LogP contribution in [0.4, 0.5) is 8.78 Å². The molecule has 3 fully saturated rings. The third kappa shape index (κ3) is 1.84. The van der Waals surface area contributed by atoms with Crippen molar-refractivity contribution in [2.24, 2.45) is 23.2 Å². The van der Waals surface area contributed by atoms with E-state index in [4.69, 9.17) is 0 Å². The lowest BCUT2D eigenvalue weighted by Gasteiger charge is -2.35. The van der Waals surface area contributed by atoms with Crippen LogP contribution < -0.4 is 0 Å². The van der Waals surface area contributed by atoms with Crippen LogP contribution in [0.3, 0.4) is 0 Å². The minimum atomic E-state index is -2.55. The van der Waals surface area contributed by atoms with Gasteiger partial charge in [-0.05, 0) is 49.9 Å². The van der Waals surface area contributed by atoms with Crippen LogP contribution in [0.15, 0.2) is 0 Å². The molecule has 1 N–H and O–H groups in total. The van der Waals surface area contributed by atoms with Gasteiger partial charge in [0, 0.05) is 12.8 Å². The molecule has 0 aliphatic heterocycles. The molecule has 0 heterocycles. The van der Waals surface area contributed by atoms with Gasteiger partial charge in [0.25, 0.3) is 0 Å². The van der Waals surface area contributed by atoms with Crippen LogP contribution in [0.1, 0.15) is 51.4 Å². The van der Waals surface area contributed by atoms with Gasteiger partial charge in [0.05, 0.1) is 5.41 Å². The highest BCUT2D eigenvalue weighted by atomic mass is 19.3. The van der Waals surface area contributed by atoms with Crippen molar-refractivity contribution < 1.29 is 18.7 Å². The van der Waals surface area contributed by atoms with Crippen LogP contribution in [0.5, 0.6) is 0 Å². The summed E-state index contributed by atoms with van der Waals surface area (Å²) in [6.45, 7) is 0. The fourth-order valence-electron chi connectivity index (χ4n) is 4.77. The van der Waals surface area contributed by atoms with Gasteiger partial charge in [-0.15, -0.1) is 0 Å². The Morgan fingerprint density at radius 3 is 2.44 bits per heavy atom. The number of hydrogen-bond donors (Lipinski definition) is 1. The lowest BCUT2D eigenvalue weighted by Crippen LogP contribution is -2.38. The molecule has 0 amide bonds. The molecule has 3 rings (SSSR count). The Balaban J connectivity index is 1.75. The van der Waals surface area contributed by atoms with E-state index >= 15 is 0 Å². The van der Waals surface area contributed by atoms with Gasteiger partial charge in [-0.25, -0.2) is 8.78 Å². The number of hydrogen-bond acceptors (Lipinski definition) is 1. The molecular formula is C14H20F2O2. The van der Waals surface area contributed by atoms with E-state index in [1.54, 1.807) is 0 Å². The van der Waals surface area contributed by atoms with Crippen LogP contribution in [0, 0.1) is 23.2 Å². The minimum absolute atomic E-state index is 0.0541. The maximum absolute atomic E-state index is 13.2. The molecule has 102 valence electrons. The molecule has 2 nitrogen and oxygen atoms in total. The molecule has 0 spiro atoms. The lowest BCUT2D eigenvalue weighted by atomic mass is 9.68. The van der Waals surface area contributed by atoms with Crippen LogP contribution in [-0.4, -0.2) is 17.0 Å². The SMILES string of the molecule is O=C(O)C1(CC2CCC(F)(F)C2)CC2CCC1C2. The molecule has 2 bridgehead atoms. The van der Waals surface area contributed by atoms with Crippen molar-refractivity contribution in [3.05, 3.63) is 0 Å². The van der Waals surface area contributed by atoms with E-state index in [0.717, 1.165) is 25.7 Å². The molecule has 4 heteroatoms. The maximum atomic E-state index is 13.2.